The number of fused-ring (bicyclic) bond motifs is 1. The molecule has 0 radical (unpaired) electrons. The molecule has 0 aliphatic heterocycles. The van der Waals surface area contributed by atoms with E-state index in [-0.39, 0.29) is 5.41 Å². The van der Waals surface area contributed by atoms with Crippen molar-refractivity contribution in [2.24, 2.45) is 5.41 Å². The third kappa shape index (κ3) is 3.15. The van der Waals surface area contributed by atoms with Crippen LogP contribution in [-0.4, -0.2) is 0 Å². The molecule has 17 heavy (non-hydrogen) atoms. The lowest BCUT2D eigenvalue weighted by molar-refractivity contribution is 0.652. The van der Waals surface area contributed by atoms with Gasteiger partial charge in [0.05, 0.1) is 0 Å². The van der Waals surface area contributed by atoms with Crippen molar-refractivity contribution < 1.29 is 0 Å². The summed E-state index contributed by atoms with van der Waals surface area (Å²) in [7, 11) is 0. The van der Waals surface area contributed by atoms with Gasteiger partial charge in [0.1, 0.15) is 0 Å². The van der Waals surface area contributed by atoms with Gasteiger partial charge in [-0.05, 0) is 57.3 Å². The van der Waals surface area contributed by atoms with Crippen molar-refractivity contribution in [3.05, 3.63) is 34.9 Å². The van der Waals surface area contributed by atoms with Crippen molar-refractivity contribution in [2.75, 3.05) is 0 Å². The summed E-state index contributed by atoms with van der Waals surface area (Å²) < 4.78 is 0. The number of hydrogen-bond acceptors (Lipinski definition) is 0. The van der Waals surface area contributed by atoms with E-state index in [0.29, 0.717) is 0 Å². The van der Waals surface area contributed by atoms with Crippen LogP contribution in [0.1, 0.15) is 40.0 Å². The molecular weight excluding hydrogens is 204 g/mol. The summed E-state index contributed by atoms with van der Waals surface area (Å²) in [5, 5.41) is 0. The fourth-order valence-corrected chi connectivity index (χ4v) is 2.17. The first-order valence-electron chi connectivity index (χ1n) is 6.21. The molecule has 0 fully saturated rings. The fourth-order valence-electron chi connectivity index (χ4n) is 2.17. The second-order valence-corrected chi connectivity index (χ2v) is 5.25. The zero-order valence-corrected chi connectivity index (χ0v) is 10.9. The van der Waals surface area contributed by atoms with Crippen LogP contribution in [0.5, 0.6) is 0 Å². The molecule has 2 aliphatic carbocycles. The zero-order chi connectivity index (χ0) is 12.3. The van der Waals surface area contributed by atoms with Gasteiger partial charge in [-0.3, -0.25) is 0 Å². The molecule has 0 amide bonds. The van der Waals surface area contributed by atoms with Gasteiger partial charge >= 0.3 is 0 Å². The van der Waals surface area contributed by atoms with E-state index in [1.54, 1.807) is 0 Å². The Labute approximate surface area is 104 Å². The van der Waals surface area contributed by atoms with E-state index in [2.05, 4.69) is 62.7 Å². The van der Waals surface area contributed by atoms with Crippen LogP contribution in [0, 0.1) is 29.1 Å². The maximum absolute atomic E-state index is 3.29. The average Bonchev–Trinajstić information content (AvgIpc) is 2.26. The summed E-state index contributed by atoms with van der Waals surface area (Å²) in [6.45, 7) is 6.32. The van der Waals surface area contributed by atoms with Crippen molar-refractivity contribution in [3.8, 4) is 23.7 Å². The molecule has 0 saturated carbocycles. The van der Waals surface area contributed by atoms with Gasteiger partial charge in [-0.2, -0.15) is 0 Å². The Morgan fingerprint density at radius 1 is 1.24 bits per heavy atom. The molecule has 0 unspecified atom stereocenters. The van der Waals surface area contributed by atoms with Gasteiger partial charge < -0.3 is 0 Å². The summed E-state index contributed by atoms with van der Waals surface area (Å²) in [5.41, 5.74) is 3.50. The number of rotatable bonds is 0. The normalized spacial score (nSPS) is 27.6. The van der Waals surface area contributed by atoms with Gasteiger partial charge in [0.25, 0.3) is 0 Å². The highest BCUT2D eigenvalue weighted by Crippen LogP contribution is 2.24. The van der Waals surface area contributed by atoms with Crippen LogP contribution in [0.15, 0.2) is 34.9 Å². The van der Waals surface area contributed by atoms with Crippen LogP contribution in [0.25, 0.3) is 0 Å². The maximum atomic E-state index is 3.29. The summed E-state index contributed by atoms with van der Waals surface area (Å²) in [6, 6.07) is 0. The Hall–Kier alpha value is -1.66. The van der Waals surface area contributed by atoms with Gasteiger partial charge in [0.2, 0.25) is 0 Å². The summed E-state index contributed by atoms with van der Waals surface area (Å²) in [4.78, 5) is 0. The van der Waals surface area contributed by atoms with Crippen molar-refractivity contribution in [1.82, 2.24) is 0 Å². The predicted octanol–water partition coefficient (Wildman–Crippen LogP) is 4.02. The molecule has 0 atom stereocenters. The van der Waals surface area contributed by atoms with Crippen molar-refractivity contribution in [1.29, 1.82) is 0 Å². The largest absolute Gasteiger partial charge is 0.0881 e. The third-order valence-electron chi connectivity index (χ3n) is 2.96. The molecule has 0 saturated heterocycles. The Kier molecular flexibility index (Phi) is 3.26. The molecule has 0 nitrogen and oxygen atoms in total. The first-order chi connectivity index (χ1) is 8.07. The molecule has 86 valence electrons. The smallest absolute Gasteiger partial charge is 0.0452 e. The SMILES string of the molecule is C/C1=C/C(C)(C)C#C/C=C2/CCCC=C2C#C1. The van der Waals surface area contributed by atoms with Crippen LogP contribution in [0.4, 0.5) is 0 Å². The molecule has 0 aromatic carbocycles. The van der Waals surface area contributed by atoms with Crippen molar-refractivity contribution >= 4 is 0 Å². The van der Waals surface area contributed by atoms with E-state index in [4.69, 9.17) is 0 Å². The number of hydrogen-bond donors (Lipinski definition) is 0. The summed E-state index contributed by atoms with van der Waals surface area (Å²) >= 11 is 0. The van der Waals surface area contributed by atoms with Gasteiger partial charge in [0.15, 0.2) is 0 Å². The first-order valence-corrected chi connectivity index (χ1v) is 6.21. The Bertz CT molecular complexity index is 528. The Balaban J connectivity index is 2.48. The van der Waals surface area contributed by atoms with Crippen LogP contribution >= 0.6 is 0 Å². The van der Waals surface area contributed by atoms with Crippen LogP contribution in [-0.2, 0) is 0 Å². The van der Waals surface area contributed by atoms with E-state index in [1.807, 2.05) is 0 Å². The second kappa shape index (κ2) is 4.68. The zero-order valence-electron chi connectivity index (χ0n) is 10.9. The molecule has 0 aromatic rings. The highest BCUT2D eigenvalue weighted by molar-refractivity contribution is 5.52. The lowest BCUT2D eigenvalue weighted by atomic mass is 9.89. The lowest BCUT2D eigenvalue weighted by Crippen LogP contribution is -2.04. The minimum atomic E-state index is -0.0916. The van der Waals surface area contributed by atoms with Crippen LogP contribution in [0.2, 0.25) is 0 Å². The minimum Gasteiger partial charge on any atom is -0.0881 e. The molecule has 0 bridgehead atoms. The first kappa shape index (κ1) is 11.8. The highest BCUT2D eigenvalue weighted by atomic mass is 14.1. The second-order valence-electron chi connectivity index (χ2n) is 5.25. The van der Waals surface area contributed by atoms with Crippen LogP contribution in [0.3, 0.4) is 0 Å². The summed E-state index contributed by atoms with van der Waals surface area (Å²) in [5.74, 6) is 13.0. The quantitative estimate of drug-likeness (QED) is 0.543. The summed E-state index contributed by atoms with van der Waals surface area (Å²) in [6.07, 6.45) is 9.91. The fraction of sp³-hybridized carbons (Fsp3) is 0.412. The molecule has 2 rings (SSSR count). The predicted molar refractivity (Wildman–Crippen MR) is 73.1 cm³/mol. The van der Waals surface area contributed by atoms with Gasteiger partial charge in [-0.15, -0.1) is 0 Å². The topological polar surface area (TPSA) is 0 Å². The molecule has 0 heterocycles. The molecular formula is C17H18. The van der Waals surface area contributed by atoms with E-state index >= 15 is 0 Å². The van der Waals surface area contributed by atoms with E-state index in [0.717, 1.165) is 18.4 Å². The van der Waals surface area contributed by atoms with Gasteiger partial charge in [0, 0.05) is 11.0 Å². The van der Waals surface area contributed by atoms with Crippen LogP contribution < -0.4 is 0 Å². The molecule has 0 aromatic heterocycles. The third-order valence-corrected chi connectivity index (χ3v) is 2.96. The van der Waals surface area contributed by atoms with Gasteiger partial charge in [-0.1, -0.05) is 35.8 Å². The van der Waals surface area contributed by atoms with Gasteiger partial charge in [-0.25, -0.2) is 0 Å². The molecule has 2 aliphatic rings. The maximum Gasteiger partial charge on any atom is 0.0452 e. The van der Waals surface area contributed by atoms with E-state index < -0.39 is 0 Å². The average molecular weight is 222 g/mol. The highest BCUT2D eigenvalue weighted by Gasteiger charge is 2.12. The lowest BCUT2D eigenvalue weighted by Gasteiger charge is -2.14. The molecule has 0 N–H and O–H groups in total. The molecule has 0 heteroatoms. The number of allylic oxidation sites excluding steroid dienone is 6. The molecule has 0 spiro atoms. The van der Waals surface area contributed by atoms with Crippen molar-refractivity contribution in [2.45, 2.75) is 40.0 Å². The van der Waals surface area contributed by atoms with Crippen molar-refractivity contribution in [3.63, 3.8) is 0 Å². The van der Waals surface area contributed by atoms with E-state index in [9.17, 15) is 0 Å². The Morgan fingerprint density at radius 2 is 2.06 bits per heavy atom. The monoisotopic (exact) mass is 222 g/mol. The standard InChI is InChI=1S/C17H18/c1-14-10-11-16-8-5-4-7-15(16)9-6-12-17(2,3)13-14/h8-9,13H,4-5,7H2,1-3H3/b14-13-,15-9-. The Morgan fingerprint density at radius 3 is 2.88 bits per heavy atom. The minimum absolute atomic E-state index is 0.0916. The van der Waals surface area contributed by atoms with E-state index in [1.165, 1.54) is 17.6 Å².